The molecule has 1 aliphatic rings. The molecule has 0 radical (unpaired) electrons. The first-order valence-electron chi connectivity index (χ1n) is 4.99. The number of rotatable bonds is 2. The zero-order valence-electron chi connectivity index (χ0n) is 8.75. The molecule has 1 aliphatic heterocycles. The Morgan fingerprint density at radius 1 is 1.50 bits per heavy atom. The highest BCUT2D eigenvalue weighted by molar-refractivity contribution is 9.10. The Morgan fingerprint density at radius 3 is 2.81 bits per heavy atom. The van der Waals surface area contributed by atoms with Crippen molar-refractivity contribution in [2.75, 3.05) is 13.2 Å². The Labute approximate surface area is 101 Å². The van der Waals surface area contributed by atoms with Crippen LogP contribution in [0.2, 0.25) is 0 Å². The van der Waals surface area contributed by atoms with E-state index in [0.29, 0.717) is 41.2 Å². The SMILES string of the molecule is CCc1c2c(cc(Br)c1C(=O)O)OCCO2. The molecule has 16 heavy (non-hydrogen) atoms. The number of carboxylic acids is 1. The highest BCUT2D eigenvalue weighted by atomic mass is 79.9. The zero-order chi connectivity index (χ0) is 11.7. The van der Waals surface area contributed by atoms with Crippen LogP contribution in [0, 0.1) is 0 Å². The third-order valence-corrected chi connectivity index (χ3v) is 3.08. The first-order valence-corrected chi connectivity index (χ1v) is 5.78. The Bertz CT molecular complexity index is 442. The molecule has 0 bridgehead atoms. The minimum absolute atomic E-state index is 0.256. The molecule has 0 saturated heterocycles. The van der Waals surface area contributed by atoms with Crippen LogP contribution in [-0.4, -0.2) is 24.3 Å². The zero-order valence-corrected chi connectivity index (χ0v) is 10.3. The summed E-state index contributed by atoms with van der Waals surface area (Å²) in [5.41, 5.74) is 0.934. The highest BCUT2D eigenvalue weighted by Gasteiger charge is 2.24. The second-order valence-electron chi connectivity index (χ2n) is 3.39. The summed E-state index contributed by atoms with van der Waals surface area (Å²) in [5, 5.41) is 9.15. The summed E-state index contributed by atoms with van der Waals surface area (Å²) in [5.74, 6) is 0.218. The Balaban J connectivity index is 2.67. The van der Waals surface area contributed by atoms with Crippen LogP contribution in [0.5, 0.6) is 11.5 Å². The molecule has 86 valence electrons. The van der Waals surface area contributed by atoms with Crippen molar-refractivity contribution < 1.29 is 19.4 Å². The molecule has 0 fully saturated rings. The number of fused-ring (bicyclic) bond motifs is 1. The fourth-order valence-corrected chi connectivity index (χ4v) is 2.41. The van der Waals surface area contributed by atoms with Gasteiger partial charge < -0.3 is 14.6 Å². The van der Waals surface area contributed by atoms with Gasteiger partial charge in [0.05, 0.1) is 5.56 Å². The van der Waals surface area contributed by atoms with Crippen molar-refractivity contribution in [3.63, 3.8) is 0 Å². The lowest BCUT2D eigenvalue weighted by molar-refractivity contribution is 0.0693. The lowest BCUT2D eigenvalue weighted by Crippen LogP contribution is -2.18. The maximum atomic E-state index is 11.2. The normalized spacial score (nSPS) is 13.6. The molecule has 1 heterocycles. The fraction of sp³-hybridized carbons (Fsp3) is 0.364. The van der Waals surface area contributed by atoms with Gasteiger partial charge in [0.2, 0.25) is 0 Å². The molecule has 1 N–H and O–H groups in total. The summed E-state index contributed by atoms with van der Waals surface area (Å²) >= 11 is 3.25. The summed E-state index contributed by atoms with van der Waals surface area (Å²) in [6, 6.07) is 1.65. The van der Waals surface area contributed by atoms with Gasteiger partial charge in [-0.15, -0.1) is 0 Å². The first-order chi connectivity index (χ1) is 7.65. The van der Waals surface area contributed by atoms with E-state index in [-0.39, 0.29) is 5.56 Å². The Kier molecular flexibility index (Phi) is 3.05. The number of hydrogen-bond donors (Lipinski definition) is 1. The molecule has 1 aromatic rings. The van der Waals surface area contributed by atoms with Gasteiger partial charge in [-0.1, -0.05) is 6.92 Å². The number of carboxylic acid groups (broad SMARTS) is 1. The van der Waals surface area contributed by atoms with Gasteiger partial charge in [0.1, 0.15) is 13.2 Å². The van der Waals surface area contributed by atoms with Gasteiger partial charge in [-0.25, -0.2) is 4.79 Å². The van der Waals surface area contributed by atoms with E-state index in [4.69, 9.17) is 14.6 Å². The van der Waals surface area contributed by atoms with Crippen molar-refractivity contribution in [3.05, 3.63) is 21.7 Å². The second kappa shape index (κ2) is 4.33. The van der Waals surface area contributed by atoms with Gasteiger partial charge in [0.25, 0.3) is 0 Å². The number of benzene rings is 1. The molecule has 0 saturated carbocycles. The second-order valence-corrected chi connectivity index (χ2v) is 4.25. The lowest BCUT2D eigenvalue weighted by atomic mass is 10.0. The summed E-state index contributed by atoms with van der Waals surface area (Å²) in [6.45, 7) is 2.85. The van der Waals surface area contributed by atoms with Crippen molar-refractivity contribution in [2.24, 2.45) is 0 Å². The molecular weight excluding hydrogens is 276 g/mol. The van der Waals surface area contributed by atoms with Crippen molar-refractivity contribution in [1.82, 2.24) is 0 Å². The van der Waals surface area contributed by atoms with E-state index in [0.717, 1.165) is 0 Å². The average Bonchev–Trinajstić information content (AvgIpc) is 2.26. The van der Waals surface area contributed by atoms with Gasteiger partial charge in [-0.2, -0.15) is 0 Å². The van der Waals surface area contributed by atoms with Crippen molar-refractivity contribution in [1.29, 1.82) is 0 Å². The molecular formula is C11H11BrO4. The summed E-state index contributed by atoms with van der Waals surface area (Å²) in [7, 11) is 0. The summed E-state index contributed by atoms with van der Waals surface area (Å²) in [4.78, 5) is 11.2. The standard InChI is InChI=1S/C11H11BrO4/c1-2-6-9(11(13)14)7(12)5-8-10(6)16-4-3-15-8/h5H,2-4H2,1H3,(H,13,14). The van der Waals surface area contributed by atoms with E-state index >= 15 is 0 Å². The van der Waals surface area contributed by atoms with Crippen LogP contribution in [0.15, 0.2) is 10.5 Å². The van der Waals surface area contributed by atoms with E-state index in [9.17, 15) is 4.79 Å². The van der Waals surface area contributed by atoms with Gasteiger partial charge in [-0.3, -0.25) is 0 Å². The van der Waals surface area contributed by atoms with E-state index < -0.39 is 5.97 Å². The van der Waals surface area contributed by atoms with Gasteiger partial charge in [0, 0.05) is 10.0 Å². The van der Waals surface area contributed by atoms with Crippen LogP contribution < -0.4 is 9.47 Å². The molecule has 0 aromatic heterocycles. The van der Waals surface area contributed by atoms with E-state index in [2.05, 4.69) is 15.9 Å². The lowest BCUT2D eigenvalue weighted by Gasteiger charge is -2.22. The molecule has 4 nitrogen and oxygen atoms in total. The highest BCUT2D eigenvalue weighted by Crippen LogP contribution is 2.40. The number of aromatic carboxylic acids is 1. The van der Waals surface area contributed by atoms with E-state index in [1.54, 1.807) is 6.07 Å². The maximum Gasteiger partial charge on any atom is 0.337 e. The first kappa shape index (κ1) is 11.3. The molecule has 2 rings (SSSR count). The average molecular weight is 287 g/mol. The number of carbonyl (C=O) groups is 1. The third-order valence-electron chi connectivity index (χ3n) is 2.45. The molecule has 1 aromatic carbocycles. The van der Waals surface area contributed by atoms with Gasteiger partial charge >= 0.3 is 5.97 Å². The van der Waals surface area contributed by atoms with Crippen LogP contribution in [0.3, 0.4) is 0 Å². The molecule has 0 amide bonds. The monoisotopic (exact) mass is 286 g/mol. The van der Waals surface area contributed by atoms with Crippen molar-refractivity contribution >= 4 is 21.9 Å². The smallest absolute Gasteiger partial charge is 0.337 e. The topological polar surface area (TPSA) is 55.8 Å². The molecule has 0 spiro atoms. The van der Waals surface area contributed by atoms with Crippen LogP contribution >= 0.6 is 15.9 Å². The molecule has 5 heteroatoms. The number of ether oxygens (including phenoxy) is 2. The minimum atomic E-state index is -0.958. The van der Waals surface area contributed by atoms with Crippen molar-refractivity contribution in [2.45, 2.75) is 13.3 Å². The number of halogens is 1. The van der Waals surface area contributed by atoms with E-state index in [1.165, 1.54) is 0 Å². The van der Waals surface area contributed by atoms with Gasteiger partial charge in [0.15, 0.2) is 11.5 Å². The van der Waals surface area contributed by atoms with Crippen LogP contribution in [-0.2, 0) is 6.42 Å². The van der Waals surface area contributed by atoms with Crippen LogP contribution in [0.1, 0.15) is 22.8 Å². The molecule has 0 atom stereocenters. The minimum Gasteiger partial charge on any atom is -0.486 e. The predicted molar refractivity (Wildman–Crippen MR) is 61.5 cm³/mol. The van der Waals surface area contributed by atoms with Crippen LogP contribution in [0.4, 0.5) is 0 Å². The quantitative estimate of drug-likeness (QED) is 0.908. The maximum absolute atomic E-state index is 11.2. The summed E-state index contributed by atoms with van der Waals surface area (Å²) < 4.78 is 11.4. The van der Waals surface area contributed by atoms with E-state index in [1.807, 2.05) is 6.92 Å². The predicted octanol–water partition coefficient (Wildman–Crippen LogP) is 2.48. The number of hydrogen-bond acceptors (Lipinski definition) is 3. The Hall–Kier alpha value is -1.23. The fourth-order valence-electron chi connectivity index (χ4n) is 1.79. The molecule has 0 unspecified atom stereocenters. The van der Waals surface area contributed by atoms with Gasteiger partial charge in [-0.05, 0) is 28.4 Å². The third kappa shape index (κ3) is 1.75. The van der Waals surface area contributed by atoms with Crippen LogP contribution in [0.25, 0.3) is 0 Å². The molecule has 0 aliphatic carbocycles. The van der Waals surface area contributed by atoms with Crippen molar-refractivity contribution in [3.8, 4) is 11.5 Å². The largest absolute Gasteiger partial charge is 0.486 e. The Morgan fingerprint density at radius 2 is 2.19 bits per heavy atom. The summed E-state index contributed by atoms with van der Waals surface area (Å²) in [6.07, 6.45) is 0.590.